The van der Waals surface area contributed by atoms with E-state index in [9.17, 15) is 34.5 Å². The van der Waals surface area contributed by atoms with Gasteiger partial charge in [0.1, 0.15) is 18.8 Å². The minimum absolute atomic E-state index is 0.0630. The van der Waals surface area contributed by atoms with Gasteiger partial charge in [0.25, 0.3) is 0 Å². The first-order valence-electron chi connectivity index (χ1n) is 33.6. The number of carbonyl (C=O) groups is 4. The van der Waals surface area contributed by atoms with Gasteiger partial charge < -0.3 is 39.0 Å². The minimum Gasteiger partial charge on any atom is -0.479 e. The number of carboxylic acid groups (broad SMARTS) is 1. The van der Waals surface area contributed by atoms with Crippen LogP contribution in [0.2, 0.25) is 0 Å². The molecule has 0 amide bonds. The Bertz CT molecular complexity index is 1590. The lowest BCUT2D eigenvalue weighted by molar-refractivity contribution is -0.301. The molecule has 0 bridgehead atoms. The van der Waals surface area contributed by atoms with Crippen molar-refractivity contribution < 1.29 is 58.2 Å². The van der Waals surface area contributed by atoms with Crippen LogP contribution in [0.1, 0.15) is 316 Å². The molecule has 0 saturated carbocycles. The molecule has 470 valence electrons. The van der Waals surface area contributed by atoms with Gasteiger partial charge in [-0.2, -0.15) is 0 Å². The number of hydrogen-bond donors (Lipinski definition) is 3. The SMILES string of the molecule is CCCCC/C=C\C/C=C\C/C=C\CCCCCCCCC(=O)OCC(COC1OC(C(=O)O)C(O)C(O)C1OC(=O)CCCCCCCCCCCCCCCCCCCCC)OC(=O)CCCCCCC/C=C\CCCCCC. The lowest BCUT2D eigenvalue weighted by atomic mass is 9.98. The maximum atomic E-state index is 13.2. The molecular formula is C69H122O12. The van der Waals surface area contributed by atoms with E-state index in [1.807, 2.05) is 0 Å². The molecule has 6 unspecified atom stereocenters. The average Bonchev–Trinajstić information content (AvgIpc) is 3.45. The van der Waals surface area contributed by atoms with E-state index in [0.29, 0.717) is 19.3 Å². The second kappa shape index (κ2) is 57.1. The van der Waals surface area contributed by atoms with E-state index in [1.54, 1.807) is 0 Å². The summed E-state index contributed by atoms with van der Waals surface area (Å²) in [6.07, 6.45) is 57.8. The molecule has 0 aromatic heterocycles. The zero-order chi connectivity index (χ0) is 58.9. The Kier molecular flexibility index (Phi) is 53.4. The second-order valence-corrected chi connectivity index (χ2v) is 23.1. The van der Waals surface area contributed by atoms with Crippen molar-refractivity contribution in [3.8, 4) is 0 Å². The molecule has 3 N–H and O–H groups in total. The van der Waals surface area contributed by atoms with Crippen LogP contribution in [0.15, 0.2) is 48.6 Å². The van der Waals surface area contributed by atoms with Crippen molar-refractivity contribution >= 4 is 23.9 Å². The van der Waals surface area contributed by atoms with Gasteiger partial charge in [0, 0.05) is 19.3 Å². The number of esters is 3. The fourth-order valence-electron chi connectivity index (χ4n) is 10.2. The third-order valence-corrected chi connectivity index (χ3v) is 15.4. The zero-order valence-corrected chi connectivity index (χ0v) is 52.0. The Hall–Kier alpha value is -3.32. The number of hydrogen-bond acceptors (Lipinski definition) is 11. The van der Waals surface area contributed by atoms with E-state index in [1.165, 1.54) is 148 Å². The van der Waals surface area contributed by atoms with Gasteiger partial charge in [0.2, 0.25) is 0 Å². The van der Waals surface area contributed by atoms with Gasteiger partial charge in [0.05, 0.1) is 6.61 Å². The summed E-state index contributed by atoms with van der Waals surface area (Å²) in [5.41, 5.74) is 0. The van der Waals surface area contributed by atoms with Gasteiger partial charge in [-0.25, -0.2) is 4.79 Å². The number of carbonyl (C=O) groups excluding carboxylic acids is 3. The van der Waals surface area contributed by atoms with Gasteiger partial charge in [-0.3, -0.25) is 14.4 Å². The standard InChI is InChI=1S/C69H122O12/c1-4-7-10-13-16-19-22-25-27-29-31-33-35-38-40-43-46-49-52-55-61(70)77-58-60(79-62(71)56-53-50-47-44-41-37-24-21-18-15-12-9-6-3)59-78-69-67(65(74)64(73)66(81-69)68(75)76)80-63(72)57-54-51-48-45-42-39-36-34-32-30-28-26-23-20-17-14-11-8-5-2/h16,19,21,24-25,27,31,33,60,64-67,69,73-74H,4-15,17-18,20,22-23,26,28-30,32,34-59H2,1-3H3,(H,75,76)/b19-16-,24-21-,27-25-,33-31-. The lowest BCUT2D eigenvalue weighted by Crippen LogP contribution is -2.61. The number of allylic oxidation sites excluding steroid dienone is 8. The minimum atomic E-state index is -1.90. The van der Waals surface area contributed by atoms with Crippen molar-refractivity contribution in [3.63, 3.8) is 0 Å². The maximum Gasteiger partial charge on any atom is 0.335 e. The summed E-state index contributed by atoms with van der Waals surface area (Å²) >= 11 is 0. The number of carboxylic acids is 1. The first-order chi connectivity index (χ1) is 39.6. The molecule has 0 aromatic carbocycles. The maximum absolute atomic E-state index is 13.2. The van der Waals surface area contributed by atoms with Crippen LogP contribution in [-0.4, -0.2) is 89.2 Å². The number of unbranched alkanes of at least 4 members (excludes halogenated alkanes) is 36. The third-order valence-electron chi connectivity index (χ3n) is 15.4. The van der Waals surface area contributed by atoms with Crippen LogP contribution in [0.5, 0.6) is 0 Å². The molecule has 0 spiro atoms. The van der Waals surface area contributed by atoms with E-state index in [2.05, 4.69) is 69.4 Å². The van der Waals surface area contributed by atoms with Gasteiger partial charge in [-0.1, -0.05) is 262 Å². The Morgan fingerprint density at radius 3 is 1.17 bits per heavy atom. The van der Waals surface area contributed by atoms with E-state index < -0.39 is 67.3 Å². The van der Waals surface area contributed by atoms with Crippen molar-refractivity contribution in [2.45, 2.75) is 353 Å². The average molecular weight is 1140 g/mol. The van der Waals surface area contributed by atoms with Crippen molar-refractivity contribution in [2.24, 2.45) is 0 Å². The molecule has 1 aliphatic heterocycles. The van der Waals surface area contributed by atoms with Crippen LogP contribution in [0.3, 0.4) is 0 Å². The Labute approximate surface area is 494 Å². The predicted molar refractivity (Wildman–Crippen MR) is 331 cm³/mol. The highest BCUT2D eigenvalue weighted by atomic mass is 16.7. The molecule has 6 atom stereocenters. The van der Waals surface area contributed by atoms with Crippen LogP contribution in [0, 0.1) is 0 Å². The lowest BCUT2D eigenvalue weighted by Gasteiger charge is -2.40. The van der Waals surface area contributed by atoms with Crippen LogP contribution < -0.4 is 0 Å². The van der Waals surface area contributed by atoms with Crippen molar-refractivity contribution in [1.82, 2.24) is 0 Å². The Morgan fingerprint density at radius 1 is 0.407 bits per heavy atom. The van der Waals surface area contributed by atoms with Gasteiger partial charge in [-0.15, -0.1) is 0 Å². The van der Waals surface area contributed by atoms with Crippen molar-refractivity contribution in [2.75, 3.05) is 13.2 Å². The number of ether oxygens (including phenoxy) is 5. The van der Waals surface area contributed by atoms with E-state index >= 15 is 0 Å². The van der Waals surface area contributed by atoms with Crippen LogP contribution in [0.4, 0.5) is 0 Å². The highest BCUT2D eigenvalue weighted by Crippen LogP contribution is 2.27. The van der Waals surface area contributed by atoms with Crippen LogP contribution >= 0.6 is 0 Å². The topological polar surface area (TPSA) is 175 Å². The smallest absolute Gasteiger partial charge is 0.335 e. The first kappa shape index (κ1) is 75.7. The quantitative estimate of drug-likeness (QED) is 0.0228. The molecule has 81 heavy (non-hydrogen) atoms. The summed E-state index contributed by atoms with van der Waals surface area (Å²) in [7, 11) is 0. The van der Waals surface area contributed by atoms with Gasteiger partial charge >= 0.3 is 23.9 Å². The molecule has 1 heterocycles. The second-order valence-electron chi connectivity index (χ2n) is 23.1. The Balaban J connectivity index is 2.62. The first-order valence-corrected chi connectivity index (χ1v) is 33.6. The molecule has 12 nitrogen and oxygen atoms in total. The molecule has 0 aromatic rings. The number of rotatable bonds is 58. The molecule has 0 radical (unpaired) electrons. The number of aliphatic hydroxyl groups excluding tert-OH is 2. The summed E-state index contributed by atoms with van der Waals surface area (Å²) in [6.45, 7) is 5.98. The third kappa shape index (κ3) is 46.7. The number of aliphatic hydroxyl groups is 2. The summed E-state index contributed by atoms with van der Waals surface area (Å²) < 4.78 is 28.5. The van der Waals surface area contributed by atoms with Gasteiger partial charge in [0.15, 0.2) is 24.6 Å². The summed E-state index contributed by atoms with van der Waals surface area (Å²) in [6, 6.07) is 0. The largest absolute Gasteiger partial charge is 0.479 e. The highest BCUT2D eigenvalue weighted by Gasteiger charge is 2.50. The van der Waals surface area contributed by atoms with Gasteiger partial charge in [-0.05, 0) is 83.5 Å². The monoisotopic (exact) mass is 1140 g/mol. The highest BCUT2D eigenvalue weighted by molar-refractivity contribution is 5.74. The number of aliphatic carboxylic acids is 1. The predicted octanol–water partition coefficient (Wildman–Crippen LogP) is 18.1. The zero-order valence-electron chi connectivity index (χ0n) is 52.0. The Morgan fingerprint density at radius 2 is 0.741 bits per heavy atom. The van der Waals surface area contributed by atoms with E-state index in [0.717, 1.165) is 109 Å². The van der Waals surface area contributed by atoms with Crippen LogP contribution in [0.25, 0.3) is 0 Å². The molecule has 1 aliphatic rings. The molecular weight excluding hydrogens is 1020 g/mol. The fourth-order valence-corrected chi connectivity index (χ4v) is 10.2. The molecule has 1 fully saturated rings. The molecule has 12 heteroatoms. The van der Waals surface area contributed by atoms with Crippen LogP contribution in [-0.2, 0) is 42.9 Å². The normalized spacial score (nSPS) is 18.0. The molecule has 1 rings (SSSR count). The summed E-state index contributed by atoms with van der Waals surface area (Å²) in [5.74, 6) is -3.12. The molecule has 1 saturated heterocycles. The molecule has 0 aliphatic carbocycles. The summed E-state index contributed by atoms with van der Waals surface area (Å²) in [4.78, 5) is 51.3. The van der Waals surface area contributed by atoms with Crippen molar-refractivity contribution in [3.05, 3.63) is 48.6 Å². The van der Waals surface area contributed by atoms with E-state index in [4.69, 9.17) is 23.7 Å². The summed E-state index contributed by atoms with van der Waals surface area (Å²) in [5, 5.41) is 31.6. The fraction of sp³-hybridized carbons (Fsp3) is 0.826. The van der Waals surface area contributed by atoms with E-state index in [-0.39, 0.29) is 25.9 Å². The van der Waals surface area contributed by atoms with Crippen molar-refractivity contribution in [1.29, 1.82) is 0 Å².